The summed E-state index contributed by atoms with van der Waals surface area (Å²) >= 11 is 5.17. The van der Waals surface area contributed by atoms with Crippen LogP contribution in [0.5, 0.6) is 0 Å². The molecule has 0 aromatic carbocycles. The maximum absolute atomic E-state index is 2.63. The highest BCUT2D eigenvalue weighted by Crippen LogP contribution is 2.39. The molecule has 0 aromatic heterocycles. The van der Waals surface area contributed by atoms with Gasteiger partial charge in [-0.15, -0.1) is 0 Å². The Bertz CT molecular complexity index is 215. The molecule has 1 aliphatic rings. The summed E-state index contributed by atoms with van der Waals surface area (Å²) in [5, 5.41) is 0. The Balaban J connectivity index is 2.89. The number of hydrogen-bond donors (Lipinski definition) is 0. The molecule has 1 unspecified atom stereocenters. The quantitative estimate of drug-likeness (QED) is 0.343. The van der Waals surface area contributed by atoms with Crippen LogP contribution in [0.4, 0.5) is 0 Å². The molecule has 0 saturated heterocycles. The summed E-state index contributed by atoms with van der Waals surface area (Å²) in [7, 11) is -1.02. The lowest BCUT2D eigenvalue weighted by molar-refractivity contribution is 0.716. The predicted octanol–water partition coefficient (Wildman–Crippen LogP) is 4.79. The molecular weight excluding hydrogens is 402 g/mol. The largest absolute Gasteiger partial charge is 0.0857 e. The maximum atomic E-state index is 2.63. The van der Waals surface area contributed by atoms with Gasteiger partial charge < -0.3 is 0 Å². The van der Waals surface area contributed by atoms with Crippen molar-refractivity contribution in [2.45, 2.75) is 38.9 Å². The standard InChI is InChI=1S/C10H18I2Si/c1-13(2,3)10(12)9-6-4-5-8(9)7-11/h8H,4-7H2,1-3H3/b10-9+. The summed E-state index contributed by atoms with van der Waals surface area (Å²) < 4.78 is 3.08. The van der Waals surface area contributed by atoms with E-state index in [1.54, 1.807) is 3.20 Å². The average Bonchev–Trinajstić information content (AvgIpc) is 2.48. The van der Waals surface area contributed by atoms with Gasteiger partial charge in [0.05, 0.1) is 8.07 Å². The van der Waals surface area contributed by atoms with Gasteiger partial charge in [-0.25, -0.2) is 0 Å². The molecule has 3 heteroatoms. The highest BCUT2D eigenvalue weighted by atomic mass is 127. The van der Waals surface area contributed by atoms with E-state index in [0.29, 0.717) is 0 Å². The Morgan fingerprint density at radius 1 is 1.46 bits per heavy atom. The fourth-order valence-corrected chi connectivity index (χ4v) is 4.83. The van der Waals surface area contributed by atoms with Crippen LogP contribution in [0, 0.1) is 5.92 Å². The Labute approximate surface area is 110 Å². The van der Waals surface area contributed by atoms with Crippen molar-refractivity contribution >= 4 is 53.3 Å². The van der Waals surface area contributed by atoms with Gasteiger partial charge in [0.1, 0.15) is 0 Å². The van der Waals surface area contributed by atoms with Crippen LogP contribution in [0.3, 0.4) is 0 Å². The van der Waals surface area contributed by atoms with Gasteiger partial charge in [0, 0.05) is 4.43 Å². The molecule has 0 nitrogen and oxygen atoms in total. The van der Waals surface area contributed by atoms with E-state index in [4.69, 9.17) is 0 Å². The molecule has 0 radical (unpaired) electrons. The third-order valence-corrected chi connectivity index (χ3v) is 10.9. The lowest BCUT2D eigenvalue weighted by Gasteiger charge is -2.21. The molecular formula is C10H18I2Si. The highest BCUT2D eigenvalue weighted by molar-refractivity contribution is 14.1. The first-order chi connectivity index (χ1) is 5.96. The van der Waals surface area contributed by atoms with Crippen LogP contribution in [0.25, 0.3) is 0 Å². The van der Waals surface area contributed by atoms with Crippen molar-refractivity contribution in [2.24, 2.45) is 5.92 Å². The number of halogens is 2. The zero-order valence-corrected chi connectivity index (χ0v) is 14.0. The fourth-order valence-electron chi connectivity index (χ4n) is 1.86. The molecule has 1 atom stereocenters. The summed E-state index contributed by atoms with van der Waals surface area (Å²) in [6.45, 7) is 7.39. The minimum absolute atomic E-state index is 0.916. The second-order valence-electron chi connectivity index (χ2n) is 4.83. The van der Waals surface area contributed by atoms with Crippen LogP contribution in [-0.2, 0) is 0 Å². The van der Waals surface area contributed by atoms with Crippen LogP contribution in [0.1, 0.15) is 19.3 Å². The third kappa shape index (κ3) is 3.19. The molecule has 76 valence electrons. The van der Waals surface area contributed by atoms with E-state index in [9.17, 15) is 0 Å². The number of alkyl halides is 1. The van der Waals surface area contributed by atoms with E-state index in [2.05, 4.69) is 64.8 Å². The smallest absolute Gasteiger partial charge is 0.0854 e. The summed E-state index contributed by atoms with van der Waals surface area (Å²) in [6.07, 6.45) is 4.26. The molecule has 0 spiro atoms. The lowest BCUT2D eigenvalue weighted by atomic mass is 10.1. The molecule has 0 aromatic rings. The SMILES string of the molecule is C[Si](C)(C)/C(I)=C1\CCCC1CI. The van der Waals surface area contributed by atoms with Crippen molar-refractivity contribution in [1.82, 2.24) is 0 Å². The topological polar surface area (TPSA) is 0 Å². The Kier molecular flexibility index (Phi) is 4.77. The average molecular weight is 420 g/mol. The van der Waals surface area contributed by atoms with E-state index < -0.39 is 8.07 Å². The third-order valence-electron chi connectivity index (χ3n) is 2.62. The summed E-state index contributed by atoms with van der Waals surface area (Å²) in [6, 6.07) is 0. The van der Waals surface area contributed by atoms with Crippen molar-refractivity contribution in [3.05, 3.63) is 8.78 Å². The van der Waals surface area contributed by atoms with Gasteiger partial charge in [0.15, 0.2) is 0 Å². The first-order valence-corrected chi connectivity index (χ1v) is 11.0. The molecule has 1 rings (SSSR count). The molecule has 0 bridgehead atoms. The normalized spacial score (nSPS) is 27.9. The van der Waals surface area contributed by atoms with Crippen molar-refractivity contribution in [1.29, 1.82) is 0 Å². The summed E-state index contributed by atoms with van der Waals surface area (Å²) in [5.74, 6) is 0.916. The zero-order chi connectivity index (χ0) is 10.1. The summed E-state index contributed by atoms with van der Waals surface area (Å²) in [5.41, 5.74) is 1.81. The minimum Gasteiger partial charge on any atom is -0.0857 e. The molecule has 0 aliphatic heterocycles. The molecule has 13 heavy (non-hydrogen) atoms. The van der Waals surface area contributed by atoms with Gasteiger partial charge >= 0.3 is 0 Å². The van der Waals surface area contributed by atoms with Crippen molar-refractivity contribution < 1.29 is 0 Å². The van der Waals surface area contributed by atoms with E-state index in [1.165, 1.54) is 23.7 Å². The van der Waals surface area contributed by atoms with Crippen LogP contribution < -0.4 is 0 Å². The van der Waals surface area contributed by atoms with Crippen molar-refractivity contribution in [3.8, 4) is 0 Å². The zero-order valence-electron chi connectivity index (χ0n) is 8.66. The second kappa shape index (κ2) is 4.96. The second-order valence-corrected chi connectivity index (χ2v) is 12.8. The van der Waals surface area contributed by atoms with Gasteiger partial charge in [-0.2, -0.15) is 0 Å². The molecule has 1 saturated carbocycles. The van der Waals surface area contributed by atoms with Crippen LogP contribution >= 0.6 is 45.2 Å². The molecule has 0 N–H and O–H groups in total. The molecule has 1 aliphatic carbocycles. The van der Waals surface area contributed by atoms with Gasteiger partial charge in [0.25, 0.3) is 0 Å². The minimum atomic E-state index is -1.02. The number of rotatable bonds is 2. The van der Waals surface area contributed by atoms with Crippen LogP contribution in [0.2, 0.25) is 19.6 Å². The van der Waals surface area contributed by atoms with E-state index in [-0.39, 0.29) is 0 Å². The Morgan fingerprint density at radius 3 is 2.54 bits per heavy atom. The summed E-state index contributed by atoms with van der Waals surface area (Å²) in [4.78, 5) is 0. The molecule has 0 heterocycles. The van der Waals surface area contributed by atoms with Crippen LogP contribution in [0.15, 0.2) is 8.78 Å². The Hall–Kier alpha value is 1.42. The van der Waals surface area contributed by atoms with Gasteiger partial charge in [-0.05, 0) is 28.4 Å². The maximum Gasteiger partial charge on any atom is 0.0854 e. The molecule has 0 amide bonds. The fraction of sp³-hybridized carbons (Fsp3) is 0.800. The van der Waals surface area contributed by atoms with Gasteiger partial charge in [0.2, 0.25) is 0 Å². The Morgan fingerprint density at radius 2 is 2.08 bits per heavy atom. The first-order valence-electron chi connectivity index (χ1n) is 4.91. The molecule has 1 fully saturated rings. The van der Waals surface area contributed by atoms with Gasteiger partial charge in [-0.3, -0.25) is 0 Å². The van der Waals surface area contributed by atoms with E-state index >= 15 is 0 Å². The first kappa shape index (κ1) is 12.5. The predicted molar refractivity (Wildman–Crippen MR) is 80.6 cm³/mol. The highest BCUT2D eigenvalue weighted by Gasteiger charge is 2.27. The van der Waals surface area contributed by atoms with Crippen molar-refractivity contribution in [2.75, 3.05) is 4.43 Å². The number of hydrogen-bond acceptors (Lipinski definition) is 0. The number of allylic oxidation sites excluding steroid dienone is 1. The van der Waals surface area contributed by atoms with Crippen LogP contribution in [-0.4, -0.2) is 12.5 Å². The lowest BCUT2D eigenvalue weighted by Crippen LogP contribution is -2.23. The van der Waals surface area contributed by atoms with E-state index in [1.807, 2.05) is 5.57 Å². The van der Waals surface area contributed by atoms with Gasteiger partial charge in [-0.1, -0.05) is 70.4 Å². The van der Waals surface area contributed by atoms with Crippen molar-refractivity contribution in [3.63, 3.8) is 0 Å². The van der Waals surface area contributed by atoms with E-state index in [0.717, 1.165) is 5.92 Å². The monoisotopic (exact) mass is 420 g/mol.